The number of Topliss-reactive ketones (excluding diaryl/α,β-unsaturated/α-hetero) is 1. The molecule has 3 heterocycles. The van der Waals surface area contributed by atoms with E-state index in [1.54, 1.807) is 34.6 Å². The van der Waals surface area contributed by atoms with Crippen molar-refractivity contribution >= 4 is 28.8 Å². The van der Waals surface area contributed by atoms with E-state index in [0.29, 0.717) is 19.3 Å². The van der Waals surface area contributed by atoms with Crippen LogP contribution in [0, 0.1) is 17.3 Å². The number of nitrogens with zero attached hydrogens (tertiary/aromatic N) is 3. The summed E-state index contributed by atoms with van der Waals surface area (Å²) in [4.78, 5) is 49.6. The van der Waals surface area contributed by atoms with Gasteiger partial charge in [-0.3, -0.25) is 9.59 Å². The quantitative estimate of drug-likeness (QED) is 0.370. The Morgan fingerprint density at radius 2 is 1.81 bits per heavy atom. The van der Waals surface area contributed by atoms with E-state index in [2.05, 4.69) is 20.0 Å². The number of halogens is 5. The maximum Gasteiger partial charge on any atom is 0.573 e. The molecule has 1 saturated carbocycles. The molecule has 1 aliphatic carbocycles. The number of carbonyl (C=O) groups is 3. The lowest BCUT2D eigenvalue weighted by Crippen LogP contribution is -2.57. The van der Waals surface area contributed by atoms with Crippen molar-refractivity contribution in [3.63, 3.8) is 0 Å². The van der Waals surface area contributed by atoms with Gasteiger partial charge in [0.25, 0.3) is 5.92 Å². The standard InChI is InChI=1S/C32H39F5N4O6/c1-16-22-15-41(23(16)17(2)42)27(43)25(29(3,4)5)40-28(44)47-30(6)14-18(30)9-7-8-12-31(33,34)24-26(45-22)39-21-13-19(46-32(35,36)37)10-11-20(21)38-24/h10-11,13,16,18,22-23,25H,7-9,12,14-15H2,1-6H3,(H,40,44)/t16-,18-,22+,23+,25-,30-/m1/s1. The summed E-state index contributed by atoms with van der Waals surface area (Å²) in [6, 6.07) is 0.822. The van der Waals surface area contributed by atoms with Crippen LogP contribution in [0.3, 0.4) is 0 Å². The van der Waals surface area contributed by atoms with Crippen molar-refractivity contribution in [1.29, 1.82) is 0 Å². The summed E-state index contributed by atoms with van der Waals surface area (Å²) in [5.74, 6) is -6.56. The average Bonchev–Trinajstić information content (AvgIpc) is 3.44. The minimum absolute atomic E-state index is 0.0562. The maximum absolute atomic E-state index is 15.9. The first-order chi connectivity index (χ1) is 21.7. The molecule has 2 aliphatic heterocycles. The molecule has 6 atom stereocenters. The van der Waals surface area contributed by atoms with Crippen molar-refractivity contribution in [2.45, 2.75) is 110 Å². The molecule has 47 heavy (non-hydrogen) atoms. The van der Waals surface area contributed by atoms with Crippen molar-refractivity contribution < 1.29 is 50.5 Å². The van der Waals surface area contributed by atoms with E-state index >= 15 is 8.78 Å². The van der Waals surface area contributed by atoms with E-state index in [-0.39, 0.29) is 29.9 Å². The normalized spacial score (nSPS) is 30.2. The molecule has 0 unspecified atom stereocenters. The van der Waals surface area contributed by atoms with Crippen molar-refractivity contribution in [2.75, 3.05) is 6.54 Å². The number of nitrogens with one attached hydrogen (secondary N) is 1. The molecule has 1 N–H and O–H groups in total. The monoisotopic (exact) mass is 670 g/mol. The van der Waals surface area contributed by atoms with Crippen LogP contribution in [0.15, 0.2) is 18.2 Å². The second-order valence-corrected chi connectivity index (χ2v) is 14.1. The summed E-state index contributed by atoms with van der Waals surface area (Å²) in [6.07, 6.45) is -5.92. The number of rotatable bonds is 2. The Morgan fingerprint density at radius 3 is 2.45 bits per heavy atom. The van der Waals surface area contributed by atoms with Gasteiger partial charge in [0, 0.05) is 24.3 Å². The highest BCUT2D eigenvalue weighted by molar-refractivity contribution is 5.92. The van der Waals surface area contributed by atoms with Gasteiger partial charge in [-0.05, 0) is 50.7 Å². The Balaban J connectivity index is 1.58. The number of hydrogen-bond donors (Lipinski definition) is 1. The van der Waals surface area contributed by atoms with E-state index in [9.17, 15) is 27.6 Å². The van der Waals surface area contributed by atoms with Crippen LogP contribution < -0.4 is 14.8 Å². The number of ketones is 1. The fourth-order valence-electron chi connectivity index (χ4n) is 6.59. The lowest BCUT2D eigenvalue weighted by molar-refractivity contribution is -0.274. The van der Waals surface area contributed by atoms with E-state index in [1.807, 2.05) is 0 Å². The van der Waals surface area contributed by atoms with Gasteiger partial charge in [0.15, 0.2) is 11.5 Å². The number of alkyl halides is 5. The predicted octanol–water partition coefficient (Wildman–Crippen LogP) is 6.30. The summed E-state index contributed by atoms with van der Waals surface area (Å²) in [5.41, 5.74) is -2.71. The molecule has 2 amide bonds. The molecule has 3 aliphatic rings. The number of fused-ring (bicyclic) bond motifs is 5. The van der Waals surface area contributed by atoms with Crippen molar-refractivity contribution in [2.24, 2.45) is 17.3 Å². The molecule has 1 aromatic heterocycles. The minimum atomic E-state index is -5.00. The number of hydrogen-bond acceptors (Lipinski definition) is 8. The summed E-state index contributed by atoms with van der Waals surface area (Å²) in [5, 5.41) is 2.70. The van der Waals surface area contributed by atoms with Crippen molar-refractivity contribution in [3.05, 3.63) is 23.9 Å². The fraction of sp³-hybridized carbons (Fsp3) is 0.656. The van der Waals surface area contributed by atoms with Crippen molar-refractivity contribution in [1.82, 2.24) is 20.2 Å². The molecule has 2 fully saturated rings. The third-order valence-electron chi connectivity index (χ3n) is 9.29. The zero-order valence-corrected chi connectivity index (χ0v) is 27.0. The van der Waals surface area contributed by atoms with Gasteiger partial charge in [-0.15, -0.1) is 13.2 Å². The second-order valence-electron chi connectivity index (χ2n) is 14.1. The fourth-order valence-corrected chi connectivity index (χ4v) is 6.59. The third-order valence-corrected chi connectivity index (χ3v) is 9.29. The van der Waals surface area contributed by atoms with Crippen LogP contribution >= 0.6 is 0 Å². The van der Waals surface area contributed by atoms with Crippen LogP contribution in [-0.4, -0.2) is 69.3 Å². The molecule has 1 saturated heterocycles. The van der Waals surface area contributed by atoms with Crippen LogP contribution in [0.2, 0.25) is 0 Å². The number of aromatic nitrogens is 2. The SMILES string of the molecule is CC(=O)[C@@H]1[C@H](C)[C@@H]2CN1C(=O)[C@H](C(C)(C)C)NC(=O)O[C@]1(C)C[C@H]1CCCCC(F)(F)c1nc3ccc(OC(F)(F)F)cc3nc1O2. The largest absolute Gasteiger partial charge is 0.573 e. The molecule has 15 heteroatoms. The van der Waals surface area contributed by atoms with Crippen LogP contribution in [0.5, 0.6) is 11.6 Å². The Kier molecular flexibility index (Phi) is 8.84. The van der Waals surface area contributed by atoms with Crippen LogP contribution in [0.1, 0.15) is 79.3 Å². The number of amides is 2. The van der Waals surface area contributed by atoms with Gasteiger partial charge in [0.1, 0.15) is 23.5 Å². The smallest absolute Gasteiger partial charge is 0.471 e. The summed E-state index contributed by atoms with van der Waals surface area (Å²) >= 11 is 0. The highest BCUT2D eigenvalue weighted by Gasteiger charge is 2.54. The zero-order valence-electron chi connectivity index (χ0n) is 27.0. The molecule has 5 rings (SSSR count). The van der Waals surface area contributed by atoms with Crippen LogP contribution in [0.4, 0.5) is 26.7 Å². The highest BCUT2D eigenvalue weighted by atomic mass is 19.4. The third kappa shape index (κ3) is 7.38. The molecular weight excluding hydrogens is 631 g/mol. The van der Waals surface area contributed by atoms with Gasteiger partial charge in [-0.2, -0.15) is 8.78 Å². The summed E-state index contributed by atoms with van der Waals surface area (Å²) < 4.78 is 86.4. The first kappa shape index (κ1) is 34.6. The summed E-state index contributed by atoms with van der Waals surface area (Å²) in [6.45, 7) is 9.68. The Morgan fingerprint density at radius 1 is 1.11 bits per heavy atom. The first-order valence-electron chi connectivity index (χ1n) is 15.6. The molecule has 10 nitrogen and oxygen atoms in total. The topological polar surface area (TPSA) is 120 Å². The number of benzene rings is 1. The maximum atomic E-state index is 15.9. The lowest BCUT2D eigenvalue weighted by Gasteiger charge is -2.35. The first-order valence-corrected chi connectivity index (χ1v) is 15.6. The molecule has 258 valence electrons. The number of carbonyl (C=O) groups excluding carboxylic acids is 3. The molecule has 2 aromatic rings. The van der Waals surface area contributed by atoms with Crippen molar-refractivity contribution in [3.8, 4) is 11.6 Å². The Hall–Kier alpha value is -3.78. The van der Waals surface area contributed by atoms with Crippen LogP contribution in [-0.2, 0) is 20.2 Å². The zero-order chi connectivity index (χ0) is 34.7. The molecular formula is C32H39F5N4O6. The van der Waals surface area contributed by atoms with Gasteiger partial charge in [-0.1, -0.05) is 34.1 Å². The lowest BCUT2D eigenvalue weighted by atomic mass is 9.85. The van der Waals surface area contributed by atoms with Gasteiger partial charge >= 0.3 is 12.5 Å². The molecule has 0 radical (unpaired) electrons. The Bertz CT molecular complexity index is 1560. The molecule has 1 aromatic carbocycles. The molecule has 2 bridgehead atoms. The predicted molar refractivity (Wildman–Crippen MR) is 158 cm³/mol. The second kappa shape index (κ2) is 12.0. The van der Waals surface area contributed by atoms with Gasteiger partial charge in [0.2, 0.25) is 11.8 Å². The molecule has 0 spiro atoms. The number of alkyl carbamates (subject to hydrolysis) is 1. The van der Waals surface area contributed by atoms with Crippen LogP contribution in [0.25, 0.3) is 11.0 Å². The van der Waals surface area contributed by atoms with E-state index in [4.69, 9.17) is 9.47 Å². The Labute approximate surface area is 268 Å². The van der Waals surface area contributed by atoms with Gasteiger partial charge < -0.3 is 24.4 Å². The average molecular weight is 671 g/mol. The van der Waals surface area contributed by atoms with E-state index in [1.165, 1.54) is 11.8 Å². The van der Waals surface area contributed by atoms with Gasteiger partial charge in [0.05, 0.1) is 23.6 Å². The highest BCUT2D eigenvalue weighted by Crippen LogP contribution is 2.50. The van der Waals surface area contributed by atoms with E-state index < -0.39 is 88.9 Å². The van der Waals surface area contributed by atoms with Gasteiger partial charge in [-0.25, -0.2) is 14.8 Å². The summed E-state index contributed by atoms with van der Waals surface area (Å²) in [7, 11) is 0. The van der Waals surface area contributed by atoms with E-state index in [0.717, 1.165) is 18.2 Å². The number of ether oxygens (including phenoxy) is 3. The minimum Gasteiger partial charge on any atom is -0.471 e.